The number of hydrogen-bond acceptors (Lipinski definition) is 3. The van der Waals surface area contributed by atoms with Gasteiger partial charge in [-0.05, 0) is 43.3 Å². The highest BCUT2D eigenvalue weighted by atomic mass is 79.9. The standard InChI is InChI=1S/C15H13BrN2O/c1-11-3-2-4-15(18-11)17-10-9-14(19)12-5-7-13(16)8-6-12/h2-10H,1H3,(H,17,18)/b10-9+. The summed E-state index contributed by atoms with van der Waals surface area (Å²) in [5.74, 6) is 0.674. The van der Waals surface area contributed by atoms with Gasteiger partial charge in [0.05, 0.1) is 0 Å². The number of aryl methyl sites for hydroxylation is 1. The van der Waals surface area contributed by atoms with Gasteiger partial charge in [0.15, 0.2) is 5.78 Å². The Morgan fingerprint density at radius 3 is 2.63 bits per heavy atom. The van der Waals surface area contributed by atoms with E-state index < -0.39 is 0 Å². The number of allylic oxidation sites excluding steroid dienone is 1. The Labute approximate surface area is 120 Å². The molecule has 1 aromatic heterocycles. The summed E-state index contributed by atoms with van der Waals surface area (Å²) < 4.78 is 0.954. The van der Waals surface area contributed by atoms with Crippen molar-refractivity contribution in [3.63, 3.8) is 0 Å². The molecule has 0 spiro atoms. The summed E-state index contributed by atoms with van der Waals surface area (Å²) in [7, 11) is 0. The molecule has 0 amide bonds. The van der Waals surface area contributed by atoms with E-state index in [2.05, 4.69) is 26.2 Å². The van der Waals surface area contributed by atoms with Crippen molar-refractivity contribution in [2.45, 2.75) is 6.92 Å². The lowest BCUT2D eigenvalue weighted by Gasteiger charge is -2.00. The number of pyridine rings is 1. The SMILES string of the molecule is Cc1cccc(N/C=C/C(=O)c2ccc(Br)cc2)n1. The van der Waals surface area contributed by atoms with Gasteiger partial charge in [0.1, 0.15) is 5.82 Å². The zero-order chi connectivity index (χ0) is 13.7. The number of hydrogen-bond donors (Lipinski definition) is 1. The number of halogens is 1. The minimum absolute atomic E-state index is 0.0485. The smallest absolute Gasteiger partial charge is 0.187 e. The monoisotopic (exact) mass is 316 g/mol. The number of rotatable bonds is 4. The summed E-state index contributed by atoms with van der Waals surface area (Å²) in [6.45, 7) is 1.92. The van der Waals surface area contributed by atoms with Crippen LogP contribution in [0.3, 0.4) is 0 Å². The molecule has 1 N–H and O–H groups in total. The van der Waals surface area contributed by atoms with E-state index in [-0.39, 0.29) is 5.78 Å². The second-order valence-corrected chi connectivity index (χ2v) is 4.93. The average Bonchev–Trinajstić information content (AvgIpc) is 2.39. The maximum atomic E-state index is 11.9. The number of anilines is 1. The Hall–Kier alpha value is -1.94. The van der Waals surface area contributed by atoms with Crippen LogP contribution < -0.4 is 5.32 Å². The molecule has 3 nitrogen and oxygen atoms in total. The first kappa shape index (κ1) is 13.5. The summed E-state index contributed by atoms with van der Waals surface area (Å²) in [4.78, 5) is 16.1. The molecule has 1 aromatic carbocycles. The van der Waals surface area contributed by atoms with Gasteiger partial charge in [-0.25, -0.2) is 4.98 Å². The van der Waals surface area contributed by atoms with Gasteiger partial charge in [-0.1, -0.05) is 22.0 Å². The van der Waals surface area contributed by atoms with Crippen LogP contribution in [0, 0.1) is 6.92 Å². The number of ketones is 1. The van der Waals surface area contributed by atoms with E-state index in [1.807, 2.05) is 37.3 Å². The summed E-state index contributed by atoms with van der Waals surface area (Å²) in [5, 5.41) is 2.98. The second kappa shape index (κ2) is 6.29. The topological polar surface area (TPSA) is 42.0 Å². The van der Waals surface area contributed by atoms with Crippen LogP contribution in [0.5, 0.6) is 0 Å². The number of nitrogens with zero attached hydrogens (tertiary/aromatic N) is 1. The number of carbonyl (C=O) groups excluding carboxylic acids is 1. The second-order valence-electron chi connectivity index (χ2n) is 4.01. The Kier molecular flexibility index (Phi) is 4.47. The highest BCUT2D eigenvalue weighted by Crippen LogP contribution is 2.11. The molecule has 96 valence electrons. The lowest BCUT2D eigenvalue weighted by atomic mass is 10.1. The van der Waals surface area contributed by atoms with Crippen LogP contribution in [-0.4, -0.2) is 10.8 Å². The predicted octanol–water partition coefficient (Wildman–Crippen LogP) is 3.96. The van der Waals surface area contributed by atoms with Gasteiger partial charge in [-0.15, -0.1) is 0 Å². The van der Waals surface area contributed by atoms with Gasteiger partial charge in [0.2, 0.25) is 0 Å². The molecule has 4 heteroatoms. The Morgan fingerprint density at radius 1 is 1.21 bits per heavy atom. The van der Waals surface area contributed by atoms with Crippen LogP contribution in [0.25, 0.3) is 0 Å². The molecular weight excluding hydrogens is 304 g/mol. The molecule has 19 heavy (non-hydrogen) atoms. The Morgan fingerprint density at radius 2 is 1.95 bits per heavy atom. The molecule has 0 unspecified atom stereocenters. The van der Waals surface area contributed by atoms with Crippen LogP contribution in [0.4, 0.5) is 5.82 Å². The van der Waals surface area contributed by atoms with Crippen LogP contribution in [0.1, 0.15) is 16.1 Å². The van der Waals surface area contributed by atoms with Crippen LogP contribution >= 0.6 is 15.9 Å². The van der Waals surface area contributed by atoms with Gasteiger partial charge in [0.25, 0.3) is 0 Å². The average molecular weight is 317 g/mol. The third-order valence-corrected chi connectivity index (χ3v) is 3.01. The fourth-order valence-electron chi connectivity index (χ4n) is 1.54. The van der Waals surface area contributed by atoms with Crippen molar-refractivity contribution >= 4 is 27.5 Å². The molecule has 1 heterocycles. The van der Waals surface area contributed by atoms with Gasteiger partial charge in [-0.2, -0.15) is 0 Å². The van der Waals surface area contributed by atoms with Crippen LogP contribution in [0.15, 0.2) is 59.2 Å². The highest BCUT2D eigenvalue weighted by molar-refractivity contribution is 9.10. The van der Waals surface area contributed by atoms with Gasteiger partial charge in [0, 0.05) is 28.0 Å². The first-order valence-electron chi connectivity index (χ1n) is 5.82. The molecule has 0 bridgehead atoms. The molecule has 0 aliphatic heterocycles. The van der Waals surface area contributed by atoms with Crippen molar-refractivity contribution in [3.8, 4) is 0 Å². The predicted molar refractivity (Wildman–Crippen MR) is 80.2 cm³/mol. The molecule has 0 fully saturated rings. The zero-order valence-corrected chi connectivity index (χ0v) is 12.0. The van der Waals surface area contributed by atoms with E-state index in [9.17, 15) is 4.79 Å². The molecule has 0 aliphatic carbocycles. The number of nitrogens with one attached hydrogen (secondary N) is 1. The lowest BCUT2D eigenvalue weighted by molar-refractivity contribution is 0.104. The van der Waals surface area contributed by atoms with Crippen molar-refractivity contribution in [2.75, 3.05) is 5.32 Å². The zero-order valence-electron chi connectivity index (χ0n) is 10.4. The van der Waals surface area contributed by atoms with E-state index in [1.54, 1.807) is 18.3 Å². The van der Waals surface area contributed by atoms with E-state index in [0.717, 1.165) is 16.0 Å². The van der Waals surface area contributed by atoms with E-state index in [0.29, 0.717) is 5.56 Å². The molecule has 2 rings (SSSR count). The summed E-state index contributed by atoms with van der Waals surface area (Å²) >= 11 is 3.33. The molecular formula is C15H13BrN2O. The first-order chi connectivity index (χ1) is 9.15. The maximum absolute atomic E-state index is 11.9. The van der Waals surface area contributed by atoms with E-state index >= 15 is 0 Å². The van der Waals surface area contributed by atoms with Crippen molar-refractivity contribution in [1.82, 2.24) is 4.98 Å². The van der Waals surface area contributed by atoms with Crippen molar-refractivity contribution < 1.29 is 4.79 Å². The third-order valence-electron chi connectivity index (χ3n) is 2.48. The summed E-state index contributed by atoms with van der Waals surface area (Å²) in [5.41, 5.74) is 1.58. The van der Waals surface area contributed by atoms with Crippen LogP contribution in [-0.2, 0) is 0 Å². The number of aromatic nitrogens is 1. The fraction of sp³-hybridized carbons (Fsp3) is 0.0667. The summed E-state index contributed by atoms with van der Waals surface area (Å²) in [6.07, 6.45) is 3.10. The largest absolute Gasteiger partial charge is 0.347 e. The van der Waals surface area contributed by atoms with E-state index in [1.165, 1.54) is 6.08 Å². The Bertz CT molecular complexity index is 606. The minimum Gasteiger partial charge on any atom is -0.347 e. The fourth-order valence-corrected chi connectivity index (χ4v) is 1.80. The van der Waals surface area contributed by atoms with Crippen molar-refractivity contribution in [2.24, 2.45) is 0 Å². The number of carbonyl (C=O) groups is 1. The van der Waals surface area contributed by atoms with Crippen molar-refractivity contribution in [3.05, 3.63) is 70.5 Å². The minimum atomic E-state index is -0.0485. The molecule has 0 radical (unpaired) electrons. The van der Waals surface area contributed by atoms with E-state index in [4.69, 9.17) is 0 Å². The molecule has 2 aromatic rings. The van der Waals surface area contributed by atoms with Crippen molar-refractivity contribution in [1.29, 1.82) is 0 Å². The van der Waals surface area contributed by atoms with Gasteiger partial charge in [-0.3, -0.25) is 4.79 Å². The third kappa shape index (κ3) is 4.03. The first-order valence-corrected chi connectivity index (χ1v) is 6.61. The lowest BCUT2D eigenvalue weighted by Crippen LogP contribution is -1.97. The quantitative estimate of drug-likeness (QED) is 0.685. The molecule has 0 aliphatic rings. The van der Waals surface area contributed by atoms with Crippen LogP contribution in [0.2, 0.25) is 0 Å². The molecule has 0 saturated heterocycles. The van der Waals surface area contributed by atoms with Gasteiger partial charge >= 0.3 is 0 Å². The normalized spacial score (nSPS) is 10.6. The number of benzene rings is 1. The van der Waals surface area contributed by atoms with Gasteiger partial charge < -0.3 is 5.32 Å². The maximum Gasteiger partial charge on any atom is 0.187 e. The summed E-state index contributed by atoms with van der Waals surface area (Å²) in [6, 6.07) is 12.9. The molecule has 0 atom stereocenters. The molecule has 0 saturated carbocycles. The highest BCUT2D eigenvalue weighted by Gasteiger charge is 2.00. The Balaban J connectivity index is 1.99.